The molecule has 2 saturated carbocycles. The highest BCUT2D eigenvalue weighted by molar-refractivity contribution is 7.07. The fraction of sp³-hybridized carbons (Fsp3) is 0.692. The fourth-order valence-electron chi connectivity index (χ4n) is 3.06. The summed E-state index contributed by atoms with van der Waals surface area (Å²) < 4.78 is 0. The van der Waals surface area contributed by atoms with Crippen LogP contribution in [0.25, 0.3) is 0 Å². The zero-order valence-corrected chi connectivity index (χ0v) is 9.75. The van der Waals surface area contributed by atoms with Crippen molar-refractivity contribution in [1.29, 1.82) is 0 Å². The lowest BCUT2D eigenvalue weighted by molar-refractivity contribution is 0.0956. The van der Waals surface area contributed by atoms with Gasteiger partial charge in [-0.2, -0.15) is 11.3 Å². The first kappa shape index (κ1) is 9.86. The van der Waals surface area contributed by atoms with Crippen molar-refractivity contribution >= 4 is 11.3 Å². The number of aryl methyl sites for hydroxylation is 1. The summed E-state index contributed by atoms with van der Waals surface area (Å²) in [4.78, 5) is 0. The van der Waals surface area contributed by atoms with Gasteiger partial charge in [0.15, 0.2) is 0 Å². The van der Waals surface area contributed by atoms with Gasteiger partial charge < -0.3 is 5.11 Å². The smallest absolute Gasteiger partial charge is 0.0571 e. The van der Waals surface area contributed by atoms with Crippen LogP contribution in [0.2, 0.25) is 0 Å². The lowest BCUT2D eigenvalue weighted by Crippen LogP contribution is -2.19. The van der Waals surface area contributed by atoms with Gasteiger partial charge in [-0.1, -0.05) is 0 Å². The van der Waals surface area contributed by atoms with E-state index in [1.165, 1.54) is 24.8 Å². The van der Waals surface area contributed by atoms with Crippen molar-refractivity contribution < 1.29 is 5.11 Å². The van der Waals surface area contributed by atoms with Crippen molar-refractivity contribution in [2.24, 2.45) is 17.8 Å². The maximum Gasteiger partial charge on any atom is 0.0571 e. The van der Waals surface area contributed by atoms with Crippen molar-refractivity contribution in [3.05, 3.63) is 22.4 Å². The molecule has 3 unspecified atom stereocenters. The van der Waals surface area contributed by atoms with Gasteiger partial charge in [-0.25, -0.2) is 0 Å². The number of hydrogen-bond acceptors (Lipinski definition) is 2. The van der Waals surface area contributed by atoms with Crippen LogP contribution in [-0.2, 0) is 6.42 Å². The highest BCUT2D eigenvalue weighted by atomic mass is 32.1. The molecule has 0 spiro atoms. The summed E-state index contributed by atoms with van der Waals surface area (Å²) in [5.74, 6) is 2.60. The zero-order chi connectivity index (χ0) is 10.3. The molecule has 2 heteroatoms. The van der Waals surface area contributed by atoms with E-state index < -0.39 is 0 Å². The minimum atomic E-state index is -0.0438. The van der Waals surface area contributed by atoms with Crippen LogP contribution >= 0.6 is 11.3 Å². The first-order chi connectivity index (χ1) is 7.33. The average molecular weight is 222 g/mol. The predicted octanol–water partition coefficient (Wildman–Crippen LogP) is 3.09. The van der Waals surface area contributed by atoms with Crippen LogP contribution in [0.1, 0.15) is 31.2 Å². The van der Waals surface area contributed by atoms with Crippen LogP contribution in [0.3, 0.4) is 0 Å². The highest BCUT2D eigenvalue weighted by Gasteiger charge is 2.47. The van der Waals surface area contributed by atoms with Crippen LogP contribution in [0, 0.1) is 17.8 Å². The van der Waals surface area contributed by atoms with Crippen LogP contribution in [0.4, 0.5) is 0 Å². The Labute approximate surface area is 95.1 Å². The summed E-state index contributed by atoms with van der Waals surface area (Å²) >= 11 is 1.75. The summed E-state index contributed by atoms with van der Waals surface area (Å²) in [7, 11) is 0. The quantitative estimate of drug-likeness (QED) is 0.830. The van der Waals surface area contributed by atoms with Gasteiger partial charge in [0.2, 0.25) is 0 Å². The molecule has 0 amide bonds. The van der Waals surface area contributed by atoms with Crippen molar-refractivity contribution in [1.82, 2.24) is 0 Å². The molecule has 3 rings (SSSR count). The Hall–Kier alpha value is -0.340. The molecular formula is C13H18OS. The molecule has 3 atom stereocenters. The molecule has 2 fully saturated rings. The van der Waals surface area contributed by atoms with Gasteiger partial charge >= 0.3 is 0 Å². The predicted molar refractivity (Wildman–Crippen MR) is 63.0 cm³/mol. The Bertz CT molecular complexity index is 309. The summed E-state index contributed by atoms with van der Waals surface area (Å²) in [5.41, 5.74) is 1.39. The summed E-state index contributed by atoms with van der Waals surface area (Å²) in [5, 5.41) is 14.4. The molecule has 0 aromatic carbocycles. The molecule has 0 saturated heterocycles. The van der Waals surface area contributed by atoms with Gasteiger partial charge in [0.1, 0.15) is 0 Å². The second-order valence-electron chi connectivity index (χ2n) is 5.22. The molecule has 15 heavy (non-hydrogen) atoms. The third kappa shape index (κ3) is 2.11. The Morgan fingerprint density at radius 3 is 2.80 bits per heavy atom. The topological polar surface area (TPSA) is 20.2 Å². The average Bonchev–Trinajstić information content (AvgIpc) is 2.75. The zero-order valence-electron chi connectivity index (χ0n) is 8.93. The molecule has 2 aliphatic rings. The number of aliphatic hydroxyl groups is 1. The highest BCUT2D eigenvalue weighted by Crippen LogP contribution is 2.55. The van der Waals surface area contributed by atoms with Crippen molar-refractivity contribution in [2.45, 2.75) is 38.2 Å². The largest absolute Gasteiger partial charge is 0.393 e. The number of fused-ring (bicyclic) bond motifs is 1. The monoisotopic (exact) mass is 222 g/mol. The number of hydrogen-bond donors (Lipinski definition) is 1. The Morgan fingerprint density at radius 1 is 1.33 bits per heavy atom. The lowest BCUT2D eigenvalue weighted by atomic mass is 9.93. The first-order valence-electron chi connectivity index (χ1n) is 6.02. The third-order valence-electron chi connectivity index (χ3n) is 4.13. The van der Waals surface area contributed by atoms with E-state index in [1.54, 1.807) is 11.3 Å². The molecule has 0 radical (unpaired) electrons. The molecule has 82 valence electrons. The number of rotatable bonds is 4. The van der Waals surface area contributed by atoms with E-state index in [4.69, 9.17) is 0 Å². The Kier molecular flexibility index (Phi) is 2.57. The van der Waals surface area contributed by atoms with Crippen molar-refractivity contribution in [3.8, 4) is 0 Å². The van der Waals surface area contributed by atoms with E-state index in [9.17, 15) is 5.11 Å². The molecule has 1 aromatic rings. The van der Waals surface area contributed by atoms with Gasteiger partial charge in [-0.3, -0.25) is 0 Å². The number of aliphatic hydroxyl groups excluding tert-OH is 1. The van der Waals surface area contributed by atoms with Crippen molar-refractivity contribution in [3.63, 3.8) is 0 Å². The van der Waals surface area contributed by atoms with Gasteiger partial charge in [0, 0.05) is 0 Å². The van der Waals surface area contributed by atoms with Crippen LogP contribution in [0.5, 0.6) is 0 Å². The van der Waals surface area contributed by atoms with Gasteiger partial charge in [-0.05, 0) is 72.2 Å². The van der Waals surface area contributed by atoms with E-state index in [1.807, 2.05) is 0 Å². The van der Waals surface area contributed by atoms with E-state index in [-0.39, 0.29) is 6.10 Å². The van der Waals surface area contributed by atoms with E-state index in [2.05, 4.69) is 16.8 Å². The molecule has 1 nitrogen and oxygen atoms in total. The van der Waals surface area contributed by atoms with E-state index >= 15 is 0 Å². The lowest BCUT2D eigenvalue weighted by Gasteiger charge is -2.18. The van der Waals surface area contributed by atoms with E-state index in [0.717, 1.165) is 24.7 Å². The molecular weight excluding hydrogens is 204 g/mol. The first-order valence-corrected chi connectivity index (χ1v) is 6.96. The summed E-state index contributed by atoms with van der Waals surface area (Å²) in [6, 6.07) is 2.17. The molecule has 1 N–H and O–H groups in total. The summed E-state index contributed by atoms with van der Waals surface area (Å²) in [6.07, 6.45) is 6.02. The normalized spacial score (nSPS) is 35.1. The molecule has 1 aromatic heterocycles. The second kappa shape index (κ2) is 3.91. The van der Waals surface area contributed by atoms with Gasteiger partial charge in [0.25, 0.3) is 0 Å². The Morgan fingerprint density at radius 2 is 2.13 bits per heavy atom. The third-order valence-corrected chi connectivity index (χ3v) is 4.87. The fourth-order valence-corrected chi connectivity index (χ4v) is 3.76. The van der Waals surface area contributed by atoms with Crippen LogP contribution in [-0.4, -0.2) is 11.2 Å². The van der Waals surface area contributed by atoms with Crippen LogP contribution < -0.4 is 0 Å². The van der Waals surface area contributed by atoms with Crippen molar-refractivity contribution in [2.75, 3.05) is 0 Å². The maximum atomic E-state index is 10.1. The minimum Gasteiger partial charge on any atom is -0.393 e. The molecule has 0 bridgehead atoms. The molecule has 1 heterocycles. The van der Waals surface area contributed by atoms with Gasteiger partial charge in [-0.15, -0.1) is 0 Å². The minimum absolute atomic E-state index is 0.0438. The van der Waals surface area contributed by atoms with Crippen LogP contribution in [0.15, 0.2) is 16.8 Å². The van der Waals surface area contributed by atoms with E-state index in [0.29, 0.717) is 5.92 Å². The SMILES string of the molecule is OC(CCc1ccsc1)C1CC2CC2C1. The number of thiophene rings is 1. The second-order valence-corrected chi connectivity index (χ2v) is 6.01. The summed E-state index contributed by atoms with van der Waals surface area (Å²) in [6.45, 7) is 0. The Balaban J connectivity index is 1.47. The van der Waals surface area contributed by atoms with Gasteiger partial charge in [0.05, 0.1) is 6.10 Å². The standard InChI is InChI=1S/C13H18OS/c14-13(2-1-9-3-4-15-8-9)12-6-10-5-11(10)7-12/h3-4,8,10-14H,1-2,5-7H2. The maximum absolute atomic E-state index is 10.1. The molecule has 0 aliphatic heterocycles. The molecule has 2 aliphatic carbocycles.